The lowest BCUT2D eigenvalue weighted by Crippen LogP contribution is -1.78. The molecule has 1 heteroatoms. The number of hydrogen-bond donors (Lipinski definition) is 0. The molecule has 3 aromatic rings. The second kappa shape index (κ2) is 4.58. The minimum atomic E-state index is 1.11. The van der Waals surface area contributed by atoms with Gasteiger partial charge in [-0.1, -0.05) is 42.8 Å². The van der Waals surface area contributed by atoms with E-state index in [2.05, 4.69) is 61.7 Å². The molecule has 0 N–H and O–H groups in total. The van der Waals surface area contributed by atoms with Crippen LogP contribution in [0.15, 0.2) is 47.8 Å². The minimum absolute atomic E-state index is 1.11. The Morgan fingerprint density at radius 2 is 1.78 bits per heavy atom. The van der Waals surface area contributed by atoms with Gasteiger partial charge in [-0.3, -0.25) is 0 Å². The molecule has 3 rings (SSSR count). The van der Waals surface area contributed by atoms with Gasteiger partial charge in [-0.15, -0.1) is 11.3 Å². The molecule has 0 atom stereocenters. The van der Waals surface area contributed by atoms with Gasteiger partial charge in [-0.2, -0.15) is 0 Å². The van der Waals surface area contributed by atoms with Crippen LogP contribution >= 0.6 is 11.3 Å². The van der Waals surface area contributed by atoms with Gasteiger partial charge in [0.05, 0.1) is 0 Å². The number of benzene rings is 2. The van der Waals surface area contributed by atoms with E-state index < -0.39 is 0 Å². The first kappa shape index (κ1) is 11.5. The zero-order chi connectivity index (χ0) is 12.5. The zero-order valence-corrected chi connectivity index (χ0v) is 11.6. The maximum Gasteiger partial charge on any atom is 0.0345 e. The van der Waals surface area contributed by atoms with Gasteiger partial charge in [0, 0.05) is 4.88 Å². The summed E-state index contributed by atoms with van der Waals surface area (Å²) in [5.74, 6) is 0. The van der Waals surface area contributed by atoms with Crippen LogP contribution in [0, 0.1) is 6.92 Å². The lowest BCUT2D eigenvalue weighted by molar-refractivity contribution is 1.16. The molecule has 1 aromatic heterocycles. The molecule has 0 aliphatic rings. The maximum absolute atomic E-state index is 2.31. The molecule has 0 radical (unpaired) electrons. The van der Waals surface area contributed by atoms with Crippen LogP contribution in [0.2, 0.25) is 0 Å². The van der Waals surface area contributed by atoms with Crippen molar-refractivity contribution in [1.29, 1.82) is 0 Å². The third kappa shape index (κ3) is 2.06. The SMILES string of the molecule is CCc1csc(-c2ccc3ccc(C)cc3c2)c1. The standard InChI is InChI=1S/C17H16S/c1-3-13-9-17(18-11-13)15-7-6-14-5-4-12(2)8-16(14)10-15/h4-11H,3H2,1-2H3. The third-order valence-corrected chi connectivity index (χ3v) is 4.37. The van der Waals surface area contributed by atoms with Crippen molar-refractivity contribution in [3.8, 4) is 10.4 Å². The van der Waals surface area contributed by atoms with Crippen molar-refractivity contribution >= 4 is 22.1 Å². The van der Waals surface area contributed by atoms with Crippen LogP contribution < -0.4 is 0 Å². The highest BCUT2D eigenvalue weighted by molar-refractivity contribution is 7.13. The predicted octanol–water partition coefficient (Wildman–Crippen LogP) is 5.44. The van der Waals surface area contributed by atoms with Crippen molar-refractivity contribution < 1.29 is 0 Å². The second-order valence-corrected chi connectivity index (χ2v) is 5.65. The van der Waals surface area contributed by atoms with E-state index in [4.69, 9.17) is 0 Å². The lowest BCUT2D eigenvalue weighted by atomic mass is 10.0. The van der Waals surface area contributed by atoms with Crippen molar-refractivity contribution in [1.82, 2.24) is 0 Å². The van der Waals surface area contributed by atoms with Gasteiger partial charge in [0.2, 0.25) is 0 Å². The molecule has 18 heavy (non-hydrogen) atoms. The summed E-state index contributed by atoms with van der Waals surface area (Å²) in [5, 5.41) is 4.91. The number of fused-ring (bicyclic) bond motifs is 1. The molecule has 0 bridgehead atoms. The first-order valence-corrected chi connectivity index (χ1v) is 7.22. The number of hydrogen-bond acceptors (Lipinski definition) is 1. The van der Waals surface area contributed by atoms with Crippen LogP contribution in [-0.2, 0) is 6.42 Å². The molecule has 0 spiro atoms. The Bertz CT molecular complexity index is 692. The molecule has 2 aromatic carbocycles. The number of rotatable bonds is 2. The number of thiophene rings is 1. The Balaban J connectivity index is 2.12. The summed E-state index contributed by atoms with van der Waals surface area (Å²) >= 11 is 1.84. The highest BCUT2D eigenvalue weighted by Crippen LogP contribution is 2.30. The quantitative estimate of drug-likeness (QED) is 0.569. The molecular weight excluding hydrogens is 236 g/mol. The largest absolute Gasteiger partial charge is 0.144 e. The molecule has 0 aliphatic heterocycles. The fourth-order valence-corrected chi connectivity index (χ4v) is 3.23. The predicted molar refractivity (Wildman–Crippen MR) is 81.4 cm³/mol. The van der Waals surface area contributed by atoms with Gasteiger partial charge in [-0.25, -0.2) is 0 Å². The van der Waals surface area contributed by atoms with Gasteiger partial charge in [-0.05, 0) is 52.8 Å². The highest BCUT2D eigenvalue weighted by atomic mass is 32.1. The summed E-state index contributed by atoms with van der Waals surface area (Å²) in [4.78, 5) is 1.37. The van der Waals surface area contributed by atoms with Crippen molar-refractivity contribution in [2.24, 2.45) is 0 Å². The van der Waals surface area contributed by atoms with E-state index in [1.165, 1.54) is 32.3 Å². The van der Waals surface area contributed by atoms with E-state index in [0.29, 0.717) is 0 Å². The Morgan fingerprint density at radius 3 is 2.56 bits per heavy atom. The van der Waals surface area contributed by atoms with Crippen LogP contribution in [0.4, 0.5) is 0 Å². The highest BCUT2D eigenvalue weighted by Gasteiger charge is 2.03. The molecule has 1 heterocycles. The molecule has 0 amide bonds. The van der Waals surface area contributed by atoms with Gasteiger partial charge >= 0.3 is 0 Å². The smallest absolute Gasteiger partial charge is 0.0345 e. The van der Waals surface area contributed by atoms with Gasteiger partial charge in [0.25, 0.3) is 0 Å². The van der Waals surface area contributed by atoms with E-state index in [-0.39, 0.29) is 0 Å². The van der Waals surface area contributed by atoms with E-state index >= 15 is 0 Å². The molecule has 0 saturated heterocycles. The van der Waals surface area contributed by atoms with Crippen molar-refractivity contribution in [2.45, 2.75) is 20.3 Å². The first-order valence-electron chi connectivity index (χ1n) is 6.34. The maximum atomic E-state index is 2.31. The summed E-state index contributed by atoms with van der Waals surface area (Å²) in [6.07, 6.45) is 1.11. The lowest BCUT2D eigenvalue weighted by Gasteiger charge is -2.03. The van der Waals surface area contributed by atoms with Crippen molar-refractivity contribution in [2.75, 3.05) is 0 Å². The summed E-state index contributed by atoms with van der Waals surface area (Å²) < 4.78 is 0. The van der Waals surface area contributed by atoms with E-state index in [9.17, 15) is 0 Å². The molecule has 0 nitrogen and oxygen atoms in total. The van der Waals surface area contributed by atoms with Crippen LogP contribution in [0.3, 0.4) is 0 Å². The summed E-state index contributed by atoms with van der Waals surface area (Å²) in [6.45, 7) is 4.35. The summed E-state index contributed by atoms with van der Waals surface area (Å²) in [7, 11) is 0. The van der Waals surface area contributed by atoms with Crippen LogP contribution in [0.25, 0.3) is 21.2 Å². The Hall–Kier alpha value is -1.60. The molecule has 0 saturated carbocycles. The van der Waals surface area contributed by atoms with E-state index in [0.717, 1.165) is 6.42 Å². The average Bonchev–Trinajstić information content (AvgIpc) is 2.86. The second-order valence-electron chi connectivity index (χ2n) is 4.74. The molecule has 0 aliphatic carbocycles. The van der Waals surface area contributed by atoms with Crippen molar-refractivity contribution in [3.05, 3.63) is 59.0 Å². The van der Waals surface area contributed by atoms with Crippen LogP contribution in [0.5, 0.6) is 0 Å². The zero-order valence-electron chi connectivity index (χ0n) is 10.7. The fraction of sp³-hybridized carbons (Fsp3) is 0.176. The Kier molecular flexibility index (Phi) is 2.92. The van der Waals surface area contributed by atoms with Gasteiger partial charge in [0.1, 0.15) is 0 Å². The average molecular weight is 252 g/mol. The van der Waals surface area contributed by atoms with Crippen LogP contribution in [-0.4, -0.2) is 0 Å². The van der Waals surface area contributed by atoms with Gasteiger partial charge < -0.3 is 0 Å². The topological polar surface area (TPSA) is 0 Å². The summed E-state index contributed by atoms with van der Waals surface area (Å²) in [6, 6.07) is 15.7. The summed E-state index contributed by atoms with van der Waals surface area (Å²) in [5.41, 5.74) is 4.08. The van der Waals surface area contributed by atoms with Crippen molar-refractivity contribution in [3.63, 3.8) is 0 Å². The van der Waals surface area contributed by atoms with E-state index in [1.807, 2.05) is 11.3 Å². The van der Waals surface area contributed by atoms with Gasteiger partial charge in [0.15, 0.2) is 0 Å². The third-order valence-electron chi connectivity index (χ3n) is 3.34. The molecule has 0 unspecified atom stereocenters. The molecular formula is C17H16S. The number of aryl methyl sites for hydroxylation is 2. The Labute approximate surface area is 112 Å². The Morgan fingerprint density at radius 1 is 0.944 bits per heavy atom. The van der Waals surface area contributed by atoms with Crippen LogP contribution in [0.1, 0.15) is 18.1 Å². The minimum Gasteiger partial charge on any atom is -0.144 e. The first-order chi connectivity index (χ1) is 8.76. The van der Waals surface area contributed by atoms with E-state index in [1.54, 1.807) is 0 Å². The normalized spacial score (nSPS) is 11.0. The fourth-order valence-electron chi connectivity index (χ4n) is 2.23. The molecule has 90 valence electrons. The molecule has 0 fully saturated rings. The monoisotopic (exact) mass is 252 g/mol.